The zero-order valence-corrected chi connectivity index (χ0v) is 12.4. The van der Waals surface area contributed by atoms with E-state index in [0.717, 1.165) is 5.92 Å². The molecule has 2 saturated carbocycles. The average Bonchev–Trinajstić information content (AvgIpc) is 2.96. The summed E-state index contributed by atoms with van der Waals surface area (Å²) in [6, 6.07) is 0.529. The van der Waals surface area contributed by atoms with Gasteiger partial charge in [-0.05, 0) is 38.5 Å². The van der Waals surface area contributed by atoms with Crippen LogP contribution >= 0.6 is 0 Å². The fourth-order valence-electron chi connectivity index (χ4n) is 3.48. The lowest BCUT2D eigenvalue weighted by Gasteiger charge is -2.29. The Morgan fingerprint density at radius 3 is 2.37 bits per heavy atom. The quantitative estimate of drug-likeness (QED) is 0.747. The van der Waals surface area contributed by atoms with Gasteiger partial charge in [0.2, 0.25) is 0 Å². The maximum Gasteiger partial charge on any atom is 0.0897 e. The third-order valence-corrected chi connectivity index (χ3v) is 4.86. The van der Waals surface area contributed by atoms with Crippen LogP contribution in [0, 0.1) is 5.92 Å². The Morgan fingerprint density at radius 2 is 1.68 bits per heavy atom. The normalized spacial score (nSPS) is 25.6. The van der Waals surface area contributed by atoms with Crippen LogP contribution in [0.1, 0.15) is 64.7 Å². The fourth-order valence-corrected chi connectivity index (χ4v) is 3.48. The maximum atomic E-state index is 9.97. The molecule has 0 amide bonds. The predicted molar refractivity (Wildman–Crippen MR) is 78.3 cm³/mol. The highest BCUT2D eigenvalue weighted by atomic mass is 16.5. The Kier molecular flexibility index (Phi) is 6.62. The molecule has 112 valence electrons. The molecule has 2 rings (SSSR count). The first-order valence-corrected chi connectivity index (χ1v) is 8.28. The van der Waals surface area contributed by atoms with E-state index >= 15 is 0 Å². The number of nitrogens with one attached hydrogen (secondary N) is 1. The van der Waals surface area contributed by atoms with E-state index < -0.39 is 0 Å². The fraction of sp³-hybridized carbons (Fsp3) is 1.00. The van der Waals surface area contributed by atoms with Crippen LogP contribution in [0.2, 0.25) is 0 Å². The Bertz CT molecular complexity index is 235. The van der Waals surface area contributed by atoms with Crippen LogP contribution in [0.4, 0.5) is 0 Å². The minimum absolute atomic E-state index is 0.355. The lowest BCUT2D eigenvalue weighted by molar-refractivity contribution is -0.00681. The second-order valence-electron chi connectivity index (χ2n) is 6.49. The first-order valence-electron chi connectivity index (χ1n) is 8.28. The standard InChI is InChI=1S/C16H31NO2/c1-13(14-7-3-2-4-8-14)17-11-15(18)12-19-16-9-5-6-10-16/h13-18H,2-12H2,1H3. The second kappa shape index (κ2) is 8.23. The lowest BCUT2D eigenvalue weighted by Crippen LogP contribution is -2.40. The summed E-state index contributed by atoms with van der Waals surface area (Å²) in [5, 5.41) is 13.5. The van der Waals surface area contributed by atoms with Crippen LogP contribution in [0.25, 0.3) is 0 Å². The first kappa shape index (κ1) is 15.3. The van der Waals surface area contributed by atoms with E-state index in [9.17, 15) is 5.11 Å². The van der Waals surface area contributed by atoms with Gasteiger partial charge in [-0.1, -0.05) is 32.1 Å². The third kappa shape index (κ3) is 5.41. The molecule has 2 N–H and O–H groups in total. The van der Waals surface area contributed by atoms with Gasteiger partial charge in [0.25, 0.3) is 0 Å². The molecule has 2 aliphatic rings. The van der Waals surface area contributed by atoms with E-state index in [4.69, 9.17) is 4.74 Å². The summed E-state index contributed by atoms with van der Waals surface area (Å²) in [5.74, 6) is 0.803. The molecule has 0 radical (unpaired) electrons. The van der Waals surface area contributed by atoms with Crippen LogP contribution in [0.5, 0.6) is 0 Å². The summed E-state index contributed by atoms with van der Waals surface area (Å²) < 4.78 is 5.75. The molecule has 2 unspecified atom stereocenters. The molecule has 2 atom stereocenters. The molecule has 2 aliphatic carbocycles. The van der Waals surface area contributed by atoms with Gasteiger partial charge in [0.1, 0.15) is 0 Å². The number of aliphatic hydroxyl groups is 1. The highest BCUT2D eigenvalue weighted by Gasteiger charge is 2.21. The monoisotopic (exact) mass is 269 g/mol. The molecular weight excluding hydrogens is 238 g/mol. The highest BCUT2D eigenvalue weighted by molar-refractivity contribution is 4.77. The van der Waals surface area contributed by atoms with Crippen molar-refractivity contribution in [3.63, 3.8) is 0 Å². The Morgan fingerprint density at radius 1 is 1.05 bits per heavy atom. The molecule has 0 heterocycles. The van der Waals surface area contributed by atoms with E-state index in [2.05, 4.69) is 12.2 Å². The highest BCUT2D eigenvalue weighted by Crippen LogP contribution is 2.26. The predicted octanol–water partition coefficient (Wildman–Crippen LogP) is 2.86. The van der Waals surface area contributed by atoms with Gasteiger partial charge in [-0.15, -0.1) is 0 Å². The van der Waals surface area contributed by atoms with Crippen molar-refractivity contribution < 1.29 is 9.84 Å². The van der Waals surface area contributed by atoms with Gasteiger partial charge in [-0.2, -0.15) is 0 Å². The Hall–Kier alpha value is -0.120. The van der Waals surface area contributed by atoms with Crippen LogP contribution in [0.3, 0.4) is 0 Å². The van der Waals surface area contributed by atoms with Crippen LogP contribution in [-0.2, 0) is 4.74 Å². The maximum absolute atomic E-state index is 9.97. The zero-order chi connectivity index (χ0) is 13.5. The molecule has 0 aliphatic heterocycles. The van der Waals surface area contributed by atoms with Gasteiger partial charge in [0.05, 0.1) is 18.8 Å². The van der Waals surface area contributed by atoms with Gasteiger partial charge in [-0.25, -0.2) is 0 Å². The second-order valence-corrected chi connectivity index (χ2v) is 6.49. The topological polar surface area (TPSA) is 41.5 Å². The van der Waals surface area contributed by atoms with E-state index in [0.29, 0.717) is 25.3 Å². The van der Waals surface area contributed by atoms with E-state index in [-0.39, 0.29) is 6.10 Å². The first-order chi connectivity index (χ1) is 9.25. The van der Waals surface area contributed by atoms with Crippen LogP contribution in [-0.4, -0.2) is 36.5 Å². The summed E-state index contributed by atoms with van der Waals surface area (Å²) in [4.78, 5) is 0. The van der Waals surface area contributed by atoms with Crippen molar-refractivity contribution >= 4 is 0 Å². The van der Waals surface area contributed by atoms with Gasteiger partial charge >= 0.3 is 0 Å². The zero-order valence-electron chi connectivity index (χ0n) is 12.4. The number of ether oxygens (including phenoxy) is 1. The lowest BCUT2D eigenvalue weighted by atomic mass is 9.84. The molecule has 3 heteroatoms. The van der Waals surface area contributed by atoms with Crippen molar-refractivity contribution in [1.29, 1.82) is 0 Å². The van der Waals surface area contributed by atoms with Crippen molar-refractivity contribution in [2.45, 2.75) is 83.0 Å². The number of hydrogen-bond acceptors (Lipinski definition) is 3. The van der Waals surface area contributed by atoms with E-state index in [1.807, 2.05) is 0 Å². The van der Waals surface area contributed by atoms with Crippen molar-refractivity contribution in [2.24, 2.45) is 5.92 Å². The van der Waals surface area contributed by atoms with E-state index in [1.165, 1.54) is 57.8 Å². The largest absolute Gasteiger partial charge is 0.389 e. The molecule has 0 bridgehead atoms. The average molecular weight is 269 g/mol. The molecule has 0 aromatic heterocycles. The molecular formula is C16H31NO2. The van der Waals surface area contributed by atoms with Gasteiger partial charge in [-0.3, -0.25) is 0 Å². The summed E-state index contributed by atoms with van der Waals surface area (Å²) >= 11 is 0. The summed E-state index contributed by atoms with van der Waals surface area (Å²) in [6.45, 7) is 3.43. The van der Waals surface area contributed by atoms with Crippen molar-refractivity contribution in [1.82, 2.24) is 5.32 Å². The minimum atomic E-state index is -0.355. The number of hydrogen-bond donors (Lipinski definition) is 2. The van der Waals surface area contributed by atoms with Gasteiger partial charge in [0.15, 0.2) is 0 Å². The summed E-state index contributed by atoms with van der Waals surface area (Å²) in [7, 11) is 0. The molecule has 0 aromatic carbocycles. The molecule has 0 spiro atoms. The number of aliphatic hydroxyl groups excluding tert-OH is 1. The molecule has 3 nitrogen and oxygen atoms in total. The summed E-state index contributed by atoms with van der Waals surface area (Å²) in [5.41, 5.74) is 0. The van der Waals surface area contributed by atoms with Crippen LogP contribution < -0.4 is 5.32 Å². The Labute approximate surface area is 118 Å². The van der Waals surface area contributed by atoms with Gasteiger partial charge < -0.3 is 15.2 Å². The molecule has 0 aromatic rings. The molecule has 19 heavy (non-hydrogen) atoms. The Balaban J connectivity index is 1.55. The van der Waals surface area contributed by atoms with E-state index in [1.54, 1.807) is 0 Å². The number of rotatable bonds is 7. The molecule has 0 saturated heterocycles. The van der Waals surface area contributed by atoms with Crippen molar-refractivity contribution in [2.75, 3.05) is 13.2 Å². The summed E-state index contributed by atoms with van der Waals surface area (Å²) in [6.07, 6.45) is 11.9. The van der Waals surface area contributed by atoms with Crippen molar-refractivity contribution in [3.05, 3.63) is 0 Å². The smallest absolute Gasteiger partial charge is 0.0897 e. The third-order valence-electron chi connectivity index (χ3n) is 4.86. The molecule has 2 fully saturated rings. The minimum Gasteiger partial charge on any atom is -0.389 e. The van der Waals surface area contributed by atoms with Crippen LogP contribution in [0.15, 0.2) is 0 Å². The van der Waals surface area contributed by atoms with Crippen molar-refractivity contribution in [3.8, 4) is 0 Å². The van der Waals surface area contributed by atoms with Gasteiger partial charge in [0, 0.05) is 12.6 Å². The SMILES string of the molecule is CC(NCC(O)COC1CCCC1)C1CCCCC1.